The molecule has 2 unspecified atom stereocenters. The molecule has 2 saturated carbocycles. The number of rotatable bonds is 1. The molecule has 4 heteroatoms. The van der Waals surface area contributed by atoms with E-state index in [0.29, 0.717) is 19.1 Å². The molecule has 0 N–H and O–H groups in total. The number of nitriles is 1. The highest BCUT2D eigenvalue weighted by atomic mass is 16.5. The second-order valence-electron chi connectivity index (χ2n) is 6.11. The molecule has 0 aromatic heterocycles. The predicted molar refractivity (Wildman–Crippen MR) is 65.5 cm³/mol. The molecule has 0 radical (unpaired) electrons. The Hall–Kier alpha value is -1.08. The number of fused-ring (bicyclic) bond motifs is 1. The second kappa shape index (κ2) is 4.24. The number of hydrogen-bond donors (Lipinski definition) is 0. The quantitative estimate of drug-likeness (QED) is 0.709. The molecule has 0 bridgehead atoms. The van der Waals surface area contributed by atoms with Crippen molar-refractivity contribution in [3.63, 3.8) is 0 Å². The highest BCUT2D eigenvalue weighted by Crippen LogP contribution is 2.47. The maximum atomic E-state index is 12.7. The normalized spacial score (nSPS) is 42.9. The lowest BCUT2D eigenvalue weighted by molar-refractivity contribution is -0.157. The maximum absolute atomic E-state index is 12.7. The van der Waals surface area contributed by atoms with Crippen molar-refractivity contribution in [2.75, 3.05) is 13.2 Å². The minimum absolute atomic E-state index is 0.0725. The number of hydrogen-bond acceptors (Lipinski definition) is 3. The monoisotopic (exact) mass is 248 g/mol. The van der Waals surface area contributed by atoms with E-state index in [2.05, 4.69) is 13.0 Å². The summed E-state index contributed by atoms with van der Waals surface area (Å²) >= 11 is 0. The van der Waals surface area contributed by atoms with Gasteiger partial charge < -0.3 is 9.64 Å². The van der Waals surface area contributed by atoms with E-state index in [1.807, 2.05) is 4.90 Å². The molecule has 3 aliphatic rings. The Labute approximate surface area is 108 Å². The van der Waals surface area contributed by atoms with E-state index in [1.165, 1.54) is 0 Å². The van der Waals surface area contributed by atoms with Crippen LogP contribution in [-0.4, -0.2) is 36.1 Å². The molecule has 18 heavy (non-hydrogen) atoms. The summed E-state index contributed by atoms with van der Waals surface area (Å²) in [6, 6.07) is 2.52. The Morgan fingerprint density at radius 3 is 2.89 bits per heavy atom. The minimum atomic E-state index is -0.718. The van der Waals surface area contributed by atoms with E-state index in [1.54, 1.807) is 0 Å². The zero-order chi connectivity index (χ0) is 12.8. The zero-order valence-electron chi connectivity index (χ0n) is 10.9. The molecular weight excluding hydrogens is 228 g/mol. The van der Waals surface area contributed by atoms with Crippen molar-refractivity contribution in [1.82, 2.24) is 4.90 Å². The molecule has 4 nitrogen and oxygen atoms in total. The van der Waals surface area contributed by atoms with E-state index in [4.69, 9.17) is 4.74 Å². The van der Waals surface area contributed by atoms with E-state index >= 15 is 0 Å². The van der Waals surface area contributed by atoms with Crippen LogP contribution >= 0.6 is 0 Å². The van der Waals surface area contributed by atoms with Gasteiger partial charge in [0.1, 0.15) is 5.41 Å². The molecule has 2 atom stereocenters. The van der Waals surface area contributed by atoms with Gasteiger partial charge in [-0.05, 0) is 38.0 Å². The van der Waals surface area contributed by atoms with Gasteiger partial charge in [-0.3, -0.25) is 4.79 Å². The van der Waals surface area contributed by atoms with E-state index in [9.17, 15) is 10.1 Å². The molecule has 3 fully saturated rings. The first kappa shape index (κ1) is 12.0. The van der Waals surface area contributed by atoms with Crippen LogP contribution in [0.1, 0.15) is 39.0 Å². The fraction of sp³-hybridized carbons (Fsp3) is 0.857. The summed E-state index contributed by atoms with van der Waals surface area (Å²) in [6.45, 7) is 3.41. The number of carbonyl (C=O) groups excluding carboxylic acids is 1. The number of nitrogens with zero attached hydrogens (tertiary/aromatic N) is 2. The summed E-state index contributed by atoms with van der Waals surface area (Å²) in [6.07, 6.45) is 4.91. The van der Waals surface area contributed by atoms with Crippen molar-refractivity contribution in [1.29, 1.82) is 5.26 Å². The second-order valence-corrected chi connectivity index (χ2v) is 6.11. The Balaban J connectivity index is 1.78. The Kier molecular flexibility index (Phi) is 2.82. The molecule has 0 aromatic carbocycles. The van der Waals surface area contributed by atoms with Crippen LogP contribution in [0, 0.1) is 22.7 Å². The van der Waals surface area contributed by atoms with Crippen LogP contribution in [0.2, 0.25) is 0 Å². The number of morpholine rings is 1. The van der Waals surface area contributed by atoms with Crippen LogP contribution in [0.15, 0.2) is 0 Å². The average Bonchev–Trinajstić information content (AvgIpc) is 2.81. The van der Waals surface area contributed by atoms with Gasteiger partial charge in [-0.25, -0.2) is 0 Å². The first-order valence-electron chi connectivity index (χ1n) is 7.00. The summed E-state index contributed by atoms with van der Waals surface area (Å²) < 4.78 is 5.72. The van der Waals surface area contributed by atoms with Crippen molar-refractivity contribution in [2.45, 2.75) is 51.2 Å². The van der Waals surface area contributed by atoms with Crippen molar-refractivity contribution in [3.05, 3.63) is 0 Å². The number of amides is 1. The smallest absolute Gasteiger partial charge is 0.243 e. The van der Waals surface area contributed by atoms with Crippen LogP contribution < -0.4 is 0 Å². The molecule has 1 amide bonds. The van der Waals surface area contributed by atoms with E-state index in [0.717, 1.165) is 32.1 Å². The Morgan fingerprint density at radius 2 is 2.22 bits per heavy atom. The molecule has 1 saturated heterocycles. The van der Waals surface area contributed by atoms with Gasteiger partial charge >= 0.3 is 0 Å². The van der Waals surface area contributed by atoms with Gasteiger partial charge in [-0.2, -0.15) is 5.26 Å². The van der Waals surface area contributed by atoms with Gasteiger partial charge in [0.2, 0.25) is 5.91 Å². The largest absolute Gasteiger partial charge is 0.374 e. The minimum Gasteiger partial charge on any atom is -0.374 e. The summed E-state index contributed by atoms with van der Waals surface area (Å²) in [5.74, 6) is 0.581. The molecule has 1 aliphatic heterocycles. The summed E-state index contributed by atoms with van der Waals surface area (Å²) in [7, 11) is 0. The third kappa shape index (κ3) is 1.65. The van der Waals surface area contributed by atoms with Gasteiger partial charge in [0.15, 0.2) is 0 Å². The van der Waals surface area contributed by atoms with E-state index < -0.39 is 5.41 Å². The van der Waals surface area contributed by atoms with Crippen molar-refractivity contribution < 1.29 is 9.53 Å². The summed E-state index contributed by atoms with van der Waals surface area (Å²) in [4.78, 5) is 14.6. The molecule has 1 heterocycles. The number of carbonyl (C=O) groups is 1. The predicted octanol–water partition coefficient (Wildman–Crippen LogP) is 1.71. The van der Waals surface area contributed by atoms with Crippen LogP contribution in [0.5, 0.6) is 0 Å². The number of ether oxygens (including phenoxy) is 1. The van der Waals surface area contributed by atoms with Gasteiger partial charge in [0, 0.05) is 6.54 Å². The molecule has 2 aliphatic carbocycles. The van der Waals surface area contributed by atoms with Crippen molar-refractivity contribution >= 4 is 5.91 Å². The van der Waals surface area contributed by atoms with Crippen molar-refractivity contribution in [3.8, 4) is 6.07 Å². The molecule has 0 spiro atoms. The SMILES string of the molecule is CC1CC(C#N)(C(=O)N2CCOC3CCCC32)C1. The van der Waals surface area contributed by atoms with Gasteiger partial charge in [-0.15, -0.1) is 0 Å². The van der Waals surface area contributed by atoms with Crippen molar-refractivity contribution in [2.24, 2.45) is 11.3 Å². The highest BCUT2D eigenvalue weighted by molar-refractivity contribution is 5.87. The summed E-state index contributed by atoms with van der Waals surface area (Å²) in [5, 5.41) is 9.37. The fourth-order valence-electron chi connectivity index (χ4n) is 3.90. The summed E-state index contributed by atoms with van der Waals surface area (Å²) in [5.41, 5.74) is -0.718. The molecular formula is C14H20N2O2. The first-order chi connectivity index (χ1) is 8.66. The molecule has 0 aromatic rings. The molecule has 3 rings (SSSR count). The zero-order valence-corrected chi connectivity index (χ0v) is 10.9. The Bertz CT molecular complexity index is 395. The third-order valence-corrected chi connectivity index (χ3v) is 4.76. The van der Waals surface area contributed by atoms with E-state index in [-0.39, 0.29) is 18.1 Å². The lowest BCUT2D eigenvalue weighted by Crippen LogP contribution is -2.58. The Morgan fingerprint density at radius 1 is 1.44 bits per heavy atom. The average molecular weight is 248 g/mol. The maximum Gasteiger partial charge on any atom is 0.243 e. The highest BCUT2D eigenvalue weighted by Gasteiger charge is 2.53. The standard InChI is InChI=1S/C14H20N2O2/c1-10-7-14(8-10,9-15)13(17)16-5-6-18-12-4-2-3-11(12)16/h10-12H,2-8H2,1H3. The van der Waals surface area contributed by atoms with Gasteiger partial charge in [0.05, 0.1) is 24.8 Å². The first-order valence-corrected chi connectivity index (χ1v) is 7.00. The van der Waals surface area contributed by atoms with Crippen LogP contribution in [0.25, 0.3) is 0 Å². The topological polar surface area (TPSA) is 53.3 Å². The fourth-order valence-corrected chi connectivity index (χ4v) is 3.90. The van der Waals surface area contributed by atoms with Gasteiger partial charge in [-0.1, -0.05) is 6.92 Å². The third-order valence-electron chi connectivity index (χ3n) is 4.76. The van der Waals surface area contributed by atoms with Crippen LogP contribution in [0.4, 0.5) is 0 Å². The molecule has 98 valence electrons. The van der Waals surface area contributed by atoms with Crippen LogP contribution in [-0.2, 0) is 9.53 Å². The van der Waals surface area contributed by atoms with Crippen LogP contribution in [0.3, 0.4) is 0 Å². The lowest BCUT2D eigenvalue weighted by Gasteiger charge is -2.46. The lowest BCUT2D eigenvalue weighted by atomic mass is 9.62. The van der Waals surface area contributed by atoms with Gasteiger partial charge in [0.25, 0.3) is 0 Å².